The predicted octanol–water partition coefficient (Wildman–Crippen LogP) is 4.09. The topological polar surface area (TPSA) is 107 Å². The number of fused-ring (bicyclic) bond motifs is 1. The first-order valence-corrected chi connectivity index (χ1v) is 16.0. The molecule has 4 bridgehead atoms. The van der Waals surface area contributed by atoms with Crippen molar-refractivity contribution in [2.45, 2.75) is 69.5 Å². The maximum Gasteiger partial charge on any atom is 0.251 e. The average molecular weight is 635 g/mol. The molecule has 8 rings (SSSR count). The second-order valence-electron chi connectivity index (χ2n) is 13.3. The molecule has 4 aliphatic carbocycles. The second kappa shape index (κ2) is 10.5. The molecule has 4 saturated carbocycles. The van der Waals surface area contributed by atoms with Crippen molar-refractivity contribution in [1.82, 2.24) is 15.1 Å². The number of benzene rings is 2. The summed E-state index contributed by atoms with van der Waals surface area (Å²) in [7, 11) is 0. The van der Waals surface area contributed by atoms with E-state index in [1.54, 1.807) is 47.4 Å². The van der Waals surface area contributed by atoms with Crippen molar-refractivity contribution in [1.29, 1.82) is 0 Å². The third-order valence-electron chi connectivity index (χ3n) is 10.5. The van der Waals surface area contributed by atoms with Crippen LogP contribution in [0.5, 0.6) is 5.75 Å². The number of ketones is 1. The summed E-state index contributed by atoms with van der Waals surface area (Å²) in [4.78, 5) is 58.5. The number of rotatable bonds is 6. The number of hydrogen-bond donors (Lipinski definition) is 2. The highest BCUT2D eigenvalue weighted by atomic mass is 79.9. The zero-order valence-electron chi connectivity index (χ0n) is 23.5. The number of phenols is 1. The van der Waals surface area contributed by atoms with Crippen LogP contribution in [0.3, 0.4) is 0 Å². The largest absolute Gasteiger partial charge is 0.508 e. The van der Waals surface area contributed by atoms with E-state index >= 15 is 0 Å². The molecule has 0 spiro atoms. The van der Waals surface area contributed by atoms with E-state index in [4.69, 9.17) is 0 Å². The number of likely N-dealkylation sites (tertiary alicyclic amines) is 2. The molecule has 2 aromatic rings. The molecule has 0 aromatic heterocycles. The van der Waals surface area contributed by atoms with Crippen LogP contribution in [0.1, 0.15) is 60.9 Å². The van der Waals surface area contributed by atoms with Crippen LogP contribution in [0, 0.1) is 23.2 Å². The standard InChI is InChI=1S/C33H36BrN3O5/c34-24-3-1-2-23(14-24)30(40)35-26(13-19-4-6-25(38)7-5-19)31(41)36-9-8-27-29(36)28(39)18-37(27)32(42)33-15-20-10-21(16-33)12-22(11-20)17-33/h1-7,14,20-22,26-27,29,38H,8-13,15-18H2,(H,35,40). The van der Waals surface area contributed by atoms with Gasteiger partial charge in [0.05, 0.1) is 18.0 Å². The van der Waals surface area contributed by atoms with E-state index in [-0.39, 0.29) is 53.7 Å². The minimum atomic E-state index is -0.916. The molecular formula is C33H36BrN3O5. The number of nitrogens with zero attached hydrogens (tertiary/aromatic N) is 2. The van der Waals surface area contributed by atoms with E-state index in [0.717, 1.165) is 29.3 Å². The molecule has 2 heterocycles. The van der Waals surface area contributed by atoms with Gasteiger partial charge in [0.15, 0.2) is 5.78 Å². The van der Waals surface area contributed by atoms with Crippen molar-refractivity contribution in [3.63, 3.8) is 0 Å². The Morgan fingerprint density at radius 1 is 0.976 bits per heavy atom. The van der Waals surface area contributed by atoms with Crippen molar-refractivity contribution in [2.24, 2.45) is 23.2 Å². The average Bonchev–Trinajstić information content (AvgIpc) is 3.53. The molecule has 8 nitrogen and oxygen atoms in total. The lowest BCUT2D eigenvalue weighted by molar-refractivity contribution is -0.159. The van der Waals surface area contributed by atoms with Gasteiger partial charge in [-0.15, -0.1) is 0 Å². The van der Waals surface area contributed by atoms with Crippen LogP contribution in [-0.2, 0) is 20.8 Å². The van der Waals surface area contributed by atoms with Gasteiger partial charge in [-0.3, -0.25) is 19.2 Å². The molecule has 9 heteroatoms. The van der Waals surface area contributed by atoms with Gasteiger partial charge in [-0.1, -0.05) is 34.1 Å². The highest BCUT2D eigenvalue weighted by molar-refractivity contribution is 9.10. The fourth-order valence-corrected chi connectivity index (χ4v) is 9.55. The van der Waals surface area contributed by atoms with Crippen LogP contribution in [0.2, 0.25) is 0 Å². The summed E-state index contributed by atoms with van der Waals surface area (Å²) in [5.74, 6) is 1.34. The molecule has 220 valence electrons. The molecule has 6 fully saturated rings. The quantitative estimate of drug-likeness (QED) is 0.498. The minimum absolute atomic E-state index is 0.0622. The summed E-state index contributed by atoms with van der Waals surface area (Å²) < 4.78 is 0.749. The maximum absolute atomic E-state index is 14.2. The van der Waals surface area contributed by atoms with Crippen LogP contribution in [0.15, 0.2) is 53.0 Å². The van der Waals surface area contributed by atoms with E-state index in [1.165, 1.54) is 19.3 Å². The number of phenolic OH excluding ortho intramolecular Hbond substituents is 1. The molecule has 3 unspecified atom stereocenters. The lowest BCUT2D eigenvalue weighted by Crippen LogP contribution is -2.56. The number of carbonyl (C=O) groups excluding carboxylic acids is 4. The van der Waals surface area contributed by atoms with E-state index < -0.39 is 12.1 Å². The monoisotopic (exact) mass is 633 g/mol. The normalized spacial score (nSPS) is 31.7. The summed E-state index contributed by atoms with van der Waals surface area (Å²) in [5, 5.41) is 12.7. The summed E-state index contributed by atoms with van der Waals surface area (Å²) >= 11 is 3.40. The van der Waals surface area contributed by atoms with Crippen LogP contribution in [0.4, 0.5) is 0 Å². The highest BCUT2D eigenvalue weighted by Gasteiger charge is 2.60. The van der Waals surface area contributed by atoms with Gasteiger partial charge in [-0.05, 0) is 98.6 Å². The van der Waals surface area contributed by atoms with Crippen LogP contribution in [0.25, 0.3) is 0 Å². The van der Waals surface area contributed by atoms with E-state index in [9.17, 15) is 24.3 Å². The number of aromatic hydroxyl groups is 1. The van der Waals surface area contributed by atoms with Crippen molar-refractivity contribution in [3.8, 4) is 5.75 Å². The summed E-state index contributed by atoms with van der Waals surface area (Å²) in [6, 6.07) is 11.6. The van der Waals surface area contributed by atoms with Crippen molar-refractivity contribution in [2.75, 3.05) is 13.1 Å². The highest BCUT2D eigenvalue weighted by Crippen LogP contribution is 2.61. The zero-order valence-corrected chi connectivity index (χ0v) is 25.1. The first-order chi connectivity index (χ1) is 20.2. The third kappa shape index (κ3) is 4.83. The SMILES string of the molecule is O=C(NC(Cc1ccc(O)cc1)C(=O)N1CCC2C1C(=O)CN2C(=O)C12CC3CC(CC(C3)C1)C2)c1cccc(Br)c1. The fraction of sp³-hybridized carbons (Fsp3) is 0.515. The van der Waals surface area contributed by atoms with Crippen molar-refractivity contribution in [3.05, 3.63) is 64.1 Å². The number of carbonyl (C=O) groups is 4. The predicted molar refractivity (Wildman–Crippen MR) is 158 cm³/mol. The Balaban J connectivity index is 1.12. The lowest BCUT2D eigenvalue weighted by atomic mass is 9.49. The number of amides is 3. The van der Waals surface area contributed by atoms with Crippen molar-refractivity contribution < 1.29 is 24.3 Å². The minimum Gasteiger partial charge on any atom is -0.508 e. The molecule has 0 radical (unpaired) electrons. The first kappa shape index (κ1) is 27.6. The maximum atomic E-state index is 14.2. The molecule has 6 aliphatic rings. The fourth-order valence-electron chi connectivity index (χ4n) is 9.16. The summed E-state index contributed by atoms with van der Waals surface area (Å²) in [5.41, 5.74) is 0.852. The van der Waals surface area contributed by atoms with E-state index in [1.807, 2.05) is 11.0 Å². The van der Waals surface area contributed by atoms with Gasteiger partial charge in [0.2, 0.25) is 11.8 Å². The Bertz CT molecular complexity index is 1410. The number of hydrogen-bond acceptors (Lipinski definition) is 5. The van der Waals surface area contributed by atoms with Gasteiger partial charge >= 0.3 is 0 Å². The Morgan fingerprint density at radius 2 is 1.64 bits per heavy atom. The molecule has 2 N–H and O–H groups in total. The van der Waals surface area contributed by atoms with Crippen molar-refractivity contribution >= 4 is 39.4 Å². The summed E-state index contributed by atoms with van der Waals surface area (Å²) in [6.45, 7) is 0.427. The Labute approximate surface area is 254 Å². The van der Waals surface area contributed by atoms with E-state index in [0.29, 0.717) is 36.3 Å². The van der Waals surface area contributed by atoms with Gasteiger partial charge in [0, 0.05) is 23.0 Å². The van der Waals surface area contributed by atoms with Gasteiger partial charge in [0.25, 0.3) is 5.91 Å². The van der Waals surface area contributed by atoms with Gasteiger partial charge in [-0.25, -0.2) is 0 Å². The second-order valence-corrected chi connectivity index (χ2v) is 14.3. The Morgan fingerprint density at radius 3 is 2.29 bits per heavy atom. The van der Waals surface area contributed by atoms with Gasteiger partial charge < -0.3 is 20.2 Å². The van der Waals surface area contributed by atoms with Crippen LogP contribution in [-0.4, -0.2) is 69.6 Å². The summed E-state index contributed by atoms with van der Waals surface area (Å²) in [6.07, 6.45) is 7.33. The van der Waals surface area contributed by atoms with Crippen LogP contribution >= 0.6 is 15.9 Å². The zero-order chi connectivity index (χ0) is 29.2. The molecule has 2 aliphatic heterocycles. The molecule has 3 amide bonds. The third-order valence-corrected chi connectivity index (χ3v) is 11.0. The Hall–Kier alpha value is -3.20. The van der Waals surface area contributed by atoms with Gasteiger partial charge in [-0.2, -0.15) is 0 Å². The van der Waals surface area contributed by atoms with E-state index in [2.05, 4.69) is 21.2 Å². The molecule has 2 saturated heterocycles. The molecule has 3 atom stereocenters. The number of halogens is 1. The van der Waals surface area contributed by atoms with Gasteiger partial charge in [0.1, 0.15) is 17.8 Å². The van der Waals surface area contributed by atoms with Crippen LogP contribution < -0.4 is 5.32 Å². The molecular weight excluding hydrogens is 598 g/mol. The Kier molecular flexibility index (Phi) is 6.91. The smallest absolute Gasteiger partial charge is 0.251 e. The lowest BCUT2D eigenvalue weighted by Gasteiger charge is -2.56. The molecule has 2 aromatic carbocycles. The first-order valence-electron chi connectivity index (χ1n) is 15.2. The number of nitrogens with one attached hydrogen (secondary N) is 1. The molecule has 42 heavy (non-hydrogen) atoms. The number of Topliss-reactive ketones (excluding diaryl/α,β-unsaturated/α-hetero) is 1.